The standard InChI is InChI=1S/C29H46O4/c1-19(2)8-7-9-20(3)26-16-17-29(32)28-15-12-24(31)18-25(33-23(6)30)13-10-22(5)27(28)14-11-21(26)4/h10-11,19-20,25-28H,7-9,12-18H2,1-6H3/b21-11+,22-10-/t20-,25+,26-,27-,28-/m1/s1. The number of fused-ring (bicyclic) bond motifs is 1. The molecule has 0 aromatic carbocycles. The molecule has 0 heterocycles. The van der Waals surface area contributed by atoms with Crippen molar-refractivity contribution in [3.05, 3.63) is 23.3 Å². The molecule has 0 N–H and O–H groups in total. The van der Waals surface area contributed by atoms with Crippen LogP contribution in [0.4, 0.5) is 0 Å². The van der Waals surface area contributed by atoms with Crippen LogP contribution in [-0.2, 0) is 19.1 Å². The van der Waals surface area contributed by atoms with Crippen molar-refractivity contribution >= 4 is 17.5 Å². The number of esters is 1. The van der Waals surface area contributed by atoms with Crippen molar-refractivity contribution in [3.63, 3.8) is 0 Å². The Morgan fingerprint density at radius 3 is 2.33 bits per heavy atom. The smallest absolute Gasteiger partial charge is 0.302 e. The molecular formula is C29H46O4. The maximum atomic E-state index is 13.4. The number of carbonyl (C=O) groups is 3. The topological polar surface area (TPSA) is 60.4 Å². The third-order valence-corrected chi connectivity index (χ3v) is 7.82. The first kappa shape index (κ1) is 27.5. The molecule has 33 heavy (non-hydrogen) atoms. The van der Waals surface area contributed by atoms with E-state index in [4.69, 9.17) is 4.74 Å². The molecule has 5 atom stereocenters. The summed E-state index contributed by atoms with van der Waals surface area (Å²) in [5.41, 5.74) is 2.60. The van der Waals surface area contributed by atoms with Crippen LogP contribution in [-0.4, -0.2) is 23.6 Å². The van der Waals surface area contributed by atoms with Gasteiger partial charge in [0.1, 0.15) is 17.7 Å². The monoisotopic (exact) mass is 458 g/mol. The van der Waals surface area contributed by atoms with Crippen LogP contribution in [0.1, 0.15) is 106 Å². The Labute approximate surface area is 201 Å². The second-order valence-electron chi connectivity index (χ2n) is 11.0. The highest BCUT2D eigenvalue weighted by Crippen LogP contribution is 2.38. The van der Waals surface area contributed by atoms with Crippen LogP contribution in [0.15, 0.2) is 23.3 Å². The summed E-state index contributed by atoms with van der Waals surface area (Å²) < 4.78 is 5.38. The van der Waals surface area contributed by atoms with Crippen molar-refractivity contribution in [2.45, 2.75) is 112 Å². The molecule has 0 amide bonds. The number of Topliss-reactive ketones (excluding diaryl/α,β-unsaturated/α-hetero) is 2. The summed E-state index contributed by atoms with van der Waals surface area (Å²) in [6.45, 7) is 12.6. The van der Waals surface area contributed by atoms with E-state index in [-0.39, 0.29) is 30.0 Å². The van der Waals surface area contributed by atoms with Gasteiger partial charge in [0, 0.05) is 38.5 Å². The predicted octanol–water partition coefficient (Wildman–Crippen LogP) is 7.02. The largest absolute Gasteiger partial charge is 0.462 e. The second kappa shape index (κ2) is 13.2. The summed E-state index contributed by atoms with van der Waals surface area (Å²) in [5, 5.41) is 0. The Morgan fingerprint density at radius 1 is 0.970 bits per heavy atom. The average molecular weight is 459 g/mol. The maximum Gasteiger partial charge on any atom is 0.302 e. The number of ketones is 2. The second-order valence-corrected chi connectivity index (χ2v) is 11.0. The van der Waals surface area contributed by atoms with Crippen LogP contribution < -0.4 is 0 Å². The van der Waals surface area contributed by atoms with Gasteiger partial charge in [-0.3, -0.25) is 14.4 Å². The number of allylic oxidation sites excluding steroid dienone is 3. The molecule has 0 saturated heterocycles. The van der Waals surface area contributed by atoms with Crippen LogP contribution in [0.5, 0.6) is 0 Å². The SMILES string of the molecule is CC(=O)O[C@H]1C/C=C(/C)[C@H]2C/C=C(\C)[C@@H]([C@H](C)CCCC(C)C)CCC(=O)[C@@H]2CCC(=O)C1. The van der Waals surface area contributed by atoms with Crippen molar-refractivity contribution in [1.29, 1.82) is 0 Å². The molecule has 0 radical (unpaired) electrons. The number of carbonyl (C=O) groups excluding carboxylic acids is 3. The van der Waals surface area contributed by atoms with Crippen molar-refractivity contribution < 1.29 is 19.1 Å². The normalized spacial score (nSPS) is 31.7. The van der Waals surface area contributed by atoms with Crippen LogP contribution in [0.3, 0.4) is 0 Å². The van der Waals surface area contributed by atoms with Crippen molar-refractivity contribution in [2.24, 2.45) is 29.6 Å². The molecule has 0 saturated carbocycles. The van der Waals surface area contributed by atoms with Gasteiger partial charge in [-0.05, 0) is 56.8 Å². The summed E-state index contributed by atoms with van der Waals surface area (Å²) in [7, 11) is 0. The van der Waals surface area contributed by atoms with Crippen molar-refractivity contribution in [3.8, 4) is 0 Å². The van der Waals surface area contributed by atoms with E-state index in [0.29, 0.717) is 43.3 Å². The third-order valence-electron chi connectivity index (χ3n) is 7.82. The Kier molecular flexibility index (Phi) is 11.1. The van der Waals surface area contributed by atoms with E-state index in [0.717, 1.165) is 18.8 Å². The highest BCUT2D eigenvalue weighted by atomic mass is 16.5. The van der Waals surface area contributed by atoms with E-state index in [9.17, 15) is 14.4 Å². The highest BCUT2D eigenvalue weighted by Gasteiger charge is 2.33. The van der Waals surface area contributed by atoms with E-state index in [2.05, 4.69) is 46.8 Å². The van der Waals surface area contributed by atoms with Gasteiger partial charge in [0.05, 0.1) is 0 Å². The van der Waals surface area contributed by atoms with Crippen LogP contribution in [0.2, 0.25) is 0 Å². The molecule has 0 unspecified atom stereocenters. The minimum absolute atomic E-state index is 0.0870. The van der Waals surface area contributed by atoms with Crippen LogP contribution in [0, 0.1) is 29.6 Å². The van der Waals surface area contributed by atoms with Crippen LogP contribution >= 0.6 is 0 Å². The first-order valence-corrected chi connectivity index (χ1v) is 13.1. The van der Waals surface area contributed by atoms with Crippen molar-refractivity contribution in [1.82, 2.24) is 0 Å². The molecule has 2 aliphatic carbocycles. The van der Waals surface area contributed by atoms with Gasteiger partial charge in [-0.25, -0.2) is 0 Å². The fourth-order valence-corrected chi connectivity index (χ4v) is 5.76. The zero-order valence-electron chi connectivity index (χ0n) is 21.8. The fraction of sp³-hybridized carbons (Fsp3) is 0.759. The lowest BCUT2D eigenvalue weighted by molar-refractivity contribution is -0.147. The molecular weight excluding hydrogens is 412 g/mol. The number of hydrogen-bond donors (Lipinski definition) is 0. The van der Waals surface area contributed by atoms with E-state index in [1.807, 2.05) is 0 Å². The van der Waals surface area contributed by atoms with E-state index >= 15 is 0 Å². The van der Waals surface area contributed by atoms with Gasteiger partial charge in [-0.15, -0.1) is 0 Å². The molecule has 4 heteroatoms. The van der Waals surface area contributed by atoms with Gasteiger partial charge in [0.2, 0.25) is 0 Å². The summed E-state index contributed by atoms with van der Waals surface area (Å²) >= 11 is 0. The molecule has 0 spiro atoms. The van der Waals surface area contributed by atoms with Gasteiger partial charge in [-0.1, -0.05) is 63.3 Å². The molecule has 0 bridgehead atoms. The number of hydrogen-bond acceptors (Lipinski definition) is 4. The van der Waals surface area contributed by atoms with Gasteiger partial charge in [0.15, 0.2) is 0 Å². The Balaban J connectivity index is 2.23. The minimum Gasteiger partial charge on any atom is -0.462 e. The lowest BCUT2D eigenvalue weighted by Crippen LogP contribution is -2.28. The molecule has 2 aliphatic rings. The maximum absolute atomic E-state index is 13.4. The molecule has 2 rings (SSSR count). The molecule has 4 nitrogen and oxygen atoms in total. The molecule has 0 aliphatic heterocycles. The zero-order chi connectivity index (χ0) is 24.5. The van der Waals surface area contributed by atoms with Gasteiger partial charge in [-0.2, -0.15) is 0 Å². The Hall–Kier alpha value is -1.71. The average Bonchev–Trinajstić information content (AvgIpc) is 2.78. The summed E-state index contributed by atoms with van der Waals surface area (Å²) in [4.78, 5) is 37.5. The summed E-state index contributed by atoms with van der Waals surface area (Å²) in [5.74, 6) is 1.84. The lowest BCUT2D eigenvalue weighted by atomic mass is 9.76. The number of rotatable bonds is 6. The van der Waals surface area contributed by atoms with Crippen LogP contribution in [0.25, 0.3) is 0 Å². The lowest BCUT2D eigenvalue weighted by Gasteiger charge is -2.28. The van der Waals surface area contributed by atoms with E-state index in [1.165, 1.54) is 37.3 Å². The van der Waals surface area contributed by atoms with Crippen molar-refractivity contribution in [2.75, 3.05) is 0 Å². The summed E-state index contributed by atoms with van der Waals surface area (Å²) in [6, 6.07) is 0. The quantitative estimate of drug-likeness (QED) is 0.317. The van der Waals surface area contributed by atoms with Gasteiger partial charge < -0.3 is 4.74 Å². The predicted molar refractivity (Wildman–Crippen MR) is 134 cm³/mol. The molecule has 0 aromatic rings. The Bertz CT molecular complexity index is 745. The van der Waals surface area contributed by atoms with E-state index < -0.39 is 6.10 Å². The first-order valence-electron chi connectivity index (χ1n) is 13.1. The minimum atomic E-state index is -0.401. The zero-order valence-corrected chi connectivity index (χ0v) is 21.8. The fourth-order valence-electron chi connectivity index (χ4n) is 5.76. The summed E-state index contributed by atoms with van der Waals surface area (Å²) in [6.07, 6.45) is 11.9. The Morgan fingerprint density at radius 2 is 1.67 bits per heavy atom. The molecule has 0 fully saturated rings. The molecule has 0 aromatic heterocycles. The highest BCUT2D eigenvalue weighted by molar-refractivity contribution is 5.84. The third kappa shape index (κ3) is 8.87. The first-order chi connectivity index (χ1) is 15.6. The number of ether oxygens (including phenoxy) is 1. The van der Waals surface area contributed by atoms with E-state index in [1.54, 1.807) is 0 Å². The van der Waals surface area contributed by atoms with Gasteiger partial charge in [0.25, 0.3) is 0 Å². The molecule has 186 valence electrons. The van der Waals surface area contributed by atoms with Gasteiger partial charge >= 0.3 is 5.97 Å².